The van der Waals surface area contributed by atoms with Gasteiger partial charge in [-0.2, -0.15) is 0 Å². The summed E-state index contributed by atoms with van der Waals surface area (Å²) in [5.74, 6) is -1.86. The van der Waals surface area contributed by atoms with Crippen LogP contribution in [0.4, 0.5) is 0 Å². The predicted octanol–water partition coefficient (Wildman–Crippen LogP) is 0.870. The van der Waals surface area contributed by atoms with E-state index in [2.05, 4.69) is 10.3 Å². The van der Waals surface area contributed by atoms with Crippen molar-refractivity contribution in [3.05, 3.63) is 24.3 Å². The highest BCUT2D eigenvalue weighted by molar-refractivity contribution is 7.99. The zero-order valence-electron chi connectivity index (χ0n) is 11.1. The topological polar surface area (TPSA) is 113 Å². The molecule has 8 heteroatoms. The normalized spacial score (nSPS) is 13.8. The van der Waals surface area contributed by atoms with E-state index in [1.807, 2.05) is 12.1 Å². The Labute approximate surface area is 124 Å². The van der Waals surface area contributed by atoms with Gasteiger partial charge in [-0.1, -0.05) is 23.9 Å². The Morgan fingerprint density at radius 1 is 1.43 bits per heavy atom. The number of amides is 1. The zero-order chi connectivity index (χ0) is 15.4. The molecule has 2 aromatic rings. The minimum absolute atomic E-state index is 0.0523. The molecule has 0 unspecified atom stereocenters. The Hall–Kier alpha value is -2.06. The summed E-state index contributed by atoms with van der Waals surface area (Å²) >= 11 is 1.06. The van der Waals surface area contributed by atoms with Gasteiger partial charge in [0.15, 0.2) is 11.6 Å². The second-order valence-electron chi connectivity index (χ2n) is 4.36. The zero-order valence-corrected chi connectivity index (χ0v) is 12.0. The number of aliphatic carboxylic acids is 1. The second kappa shape index (κ2) is 6.59. The van der Waals surface area contributed by atoms with E-state index >= 15 is 0 Å². The smallest absolute Gasteiger partial charge is 0.328 e. The molecule has 0 aliphatic rings. The molecule has 3 N–H and O–H groups in total. The van der Waals surface area contributed by atoms with Crippen molar-refractivity contribution in [1.82, 2.24) is 10.3 Å². The lowest BCUT2D eigenvalue weighted by molar-refractivity contribution is -0.144. The molecule has 7 nitrogen and oxygen atoms in total. The van der Waals surface area contributed by atoms with Crippen molar-refractivity contribution < 1.29 is 24.2 Å². The third kappa shape index (κ3) is 3.96. The summed E-state index contributed by atoms with van der Waals surface area (Å²) in [5.41, 5.74) is 1.31. The number of benzene rings is 1. The van der Waals surface area contributed by atoms with Crippen molar-refractivity contribution in [2.24, 2.45) is 0 Å². The molecule has 1 aromatic carbocycles. The minimum atomic E-state index is -1.33. The largest absolute Gasteiger partial charge is 0.480 e. The molecule has 0 bridgehead atoms. The van der Waals surface area contributed by atoms with E-state index in [1.54, 1.807) is 12.1 Å². The lowest BCUT2D eigenvalue weighted by Crippen LogP contribution is -2.48. The maximum absolute atomic E-state index is 11.7. The van der Waals surface area contributed by atoms with E-state index in [0.717, 1.165) is 11.8 Å². The van der Waals surface area contributed by atoms with Crippen molar-refractivity contribution in [1.29, 1.82) is 0 Å². The first-order chi connectivity index (χ1) is 9.97. The van der Waals surface area contributed by atoms with Crippen LogP contribution in [-0.2, 0) is 9.59 Å². The van der Waals surface area contributed by atoms with Gasteiger partial charge in [-0.15, -0.1) is 0 Å². The van der Waals surface area contributed by atoms with E-state index in [-0.39, 0.29) is 5.75 Å². The Kier molecular flexibility index (Phi) is 4.81. The number of aliphatic hydroxyl groups is 1. The standard InChI is InChI=1S/C13H14N2O5S/c1-7(16)11(12(18)19)15-10(17)6-21-13-14-8-4-2-3-5-9(8)20-13/h2-5,7,11,16H,6H2,1H3,(H,15,17)(H,18,19)/t7-,11+/m1/s1. The average molecular weight is 310 g/mol. The Balaban J connectivity index is 1.93. The fourth-order valence-corrected chi connectivity index (χ4v) is 2.29. The third-order valence-electron chi connectivity index (χ3n) is 2.67. The lowest BCUT2D eigenvalue weighted by atomic mass is 10.2. The molecular formula is C13H14N2O5S. The maximum Gasteiger partial charge on any atom is 0.328 e. The van der Waals surface area contributed by atoms with Gasteiger partial charge in [0.25, 0.3) is 5.22 Å². The molecule has 0 saturated heterocycles. The molecule has 2 rings (SSSR count). The highest BCUT2D eigenvalue weighted by atomic mass is 32.2. The van der Waals surface area contributed by atoms with Crippen LogP contribution >= 0.6 is 11.8 Å². The number of carbonyl (C=O) groups excluding carboxylic acids is 1. The highest BCUT2D eigenvalue weighted by Gasteiger charge is 2.25. The molecule has 0 radical (unpaired) electrons. The fourth-order valence-electron chi connectivity index (χ4n) is 1.64. The third-order valence-corrected chi connectivity index (χ3v) is 3.49. The minimum Gasteiger partial charge on any atom is -0.480 e. The number of carbonyl (C=O) groups is 2. The van der Waals surface area contributed by atoms with Crippen molar-refractivity contribution in [2.75, 3.05) is 5.75 Å². The van der Waals surface area contributed by atoms with Gasteiger partial charge in [0.05, 0.1) is 11.9 Å². The van der Waals surface area contributed by atoms with Crippen LogP contribution in [0.5, 0.6) is 0 Å². The first-order valence-electron chi connectivity index (χ1n) is 6.16. The van der Waals surface area contributed by atoms with Crippen LogP contribution in [0.2, 0.25) is 0 Å². The molecule has 0 aliphatic heterocycles. The predicted molar refractivity (Wildman–Crippen MR) is 76.0 cm³/mol. The number of oxazole rings is 1. The number of aromatic nitrogens is 1. The van der Waals surface area contributed by atoms with Crippen LogP contribution < -0.4 is 5.32 Å². The first kappa shape index (κ1) is 15.3. The van der Waals surface area contributed by atoms with Gasteiger partial charge >= 0.3 is 5.97 Å². The van der Waals surface area contributed by atoms with Gasteiger partial charge in [0, 0.05) is 0 Å². The van der Waals surface area contributed by atoms with E-state index < -0.39 is 24.0 Å². The van der Waals surface area contributed by atoms with E-state index in [1.165, 1.54) is 6.92 Å². The van der Waals surface area contributed by atoms with Crippen molar-refractivity contribution in [3.63, 3.8) is 0 Å². The van der Waals surface area contributed by atoms with Gasteiger partial charge in [0.1, 0.15) is 5.52 Å². The van der Waals surface area contributed by atoms with Crippen molar-refractivity contribution >= 4 is 34.7 Å². The monoisotopic (exact) mass is 310 g/mol. The Bertz CT molecular complexity index is 622. The number of aliphatic hydroxyl groups excluding tert-OH is 1. The van der Waals surface area contributed by atoms with Gasteiger partial charge in [-0.25, -0.2) is 9.78 Å². The number of rotatable bonds is 6. The van der Waals surface area contributed by atoms with E-state index in [0.29, 0.717) is 16.3 Å². The van der Waals surface area contributed by atoms with Crippen molar-refractivity contribution in [2.45, 2.75) is 24.3 Å². The molecule has 21 heavy (non-hydrogen) atoms. The van der Waals surface area contributed by atoms with Gasteiger partial charge in [-0.05, 0) is 19.1 Å². The van der Waals surface area contributed by atoms with E-state index in [4.69, 9.17) is 9.52 Å². The summed E-state index contributed by atoms with van der Waals surface area (Å²) < 4.78 is 5.42. The molecule has 2 atom stereocenters. The molecule has 1 aromatic heterocycles. The molecule has 0 saturated carbocycles. The van der Waals surface area contributed by atoms with Gasteiger partial charge in [0.2, 0.25) is 5.91 Å². The second-order valence-corrected chi connectivity index (χ2v) is 5.29. The summed E-state index contributed by atoms with van der Waals surface area (Å²) in [4.78, 5) is 26.7. The summed E-state index contributed by atoms with van der Waals surface area (Å²) in [6.07, 6.45) is -1.18. The number of hydrogen-bond donors (Lipinski definition) is 3. The number of hydrogen-bond acceptors (Lipinski definition) is 6. The number of nitrogens with one attached hydrogen (secondary N) is 1. The fraction of sp³-hybridized carbons (Fsp3) is 0.308. The van der Waals surface area contributed by atoms with Crippen molar-refractivity contribution in [3.8, 4) is 0 Å². The first-order valence-corrected chi connectivity index (χ1v) is 7.14. The SMILES string of the molecule is C[C@@H](O)[C@H](NC(=O)CSc1nc2ccccc2o1)C(=O)O. The number of thioether (sulfide) groups is 1. The maximum atomic E-state index is 11.7. The van der Waals surface area contributed by atoms with E-state index in [9.17, 15) is 14.7 Å². The quantitative estimate of drug-likeness (QED) is 0.678. The average Bonchev–Trinajstić information content (AvgIpc) is 2.84. The highest BCUT2D eigenvalue weighted by Crippen LogP contribution is 2.22. The number of carboxylic acids is 1. The Morgan fingerprint density at radius 3 is 2.76 bits per heavy atom. The Morgan fingerprint density at radius 2 is 2.14 bits per heavy atom. The molecule has 112 valence electrons. The molecule has 0 fully saturated rings. The summed E-state index contributed by atoms with van der Waals surface area (Å²) in [5, 5.41) is 20.7. The number of para-hydroxylation sites is 2. The van der Waals surface area contributed by atoms with Crippen LogP contribution in [-0.4, -0.2) is 45.0 Å². The number of carboxylic acid groups (broad SMARTS) is 1. The van der Waals surface area contributed by atoms with Crippen LogP contribution in [0.3, 0.4) is 0 Å². The van der Waals surface area contributed by atoms with Crippen LogP contribution in [0, 0.1) is 0 Å². The van der Waals surface area contributed by atoms with Gasteiger partial charge in [-0.3, -0.25) is 4.79 Å². The van der Waals surface area contributed by atoms with Crippen LogP contribution in [0.15, 0.2) is 33.9 Å². The summed E-state index contributed by atoms with van der Waals surface area (Å²) in [6.45, 7) is 1.30. The summed E-state index contributed by atoms with van der Waals surface area (Å²) in [7, 11) is 0. The molecule has 0 aliphatic carbocycles. The number of nitrogens with zero attached hydrogens (tertiary/aromatic N) is 1. The summed E-state index contributed by atoms with van der Waals surface area (Å²) in [6, 6.07) is 5.86. The van der Waals surface area contributed by atoms with Gasteiger partial charge < -0.3 is 19.9 Å². The molecular weight excluding hydrogens is 296 g/mol. The van der Waals surface area contributed by atoms with Crippen LogP contribution in [0.25, 0.3) is 11.1 Å². The lowest BCUT2D eigenvalue weighted by Gasteiger charge is -2.16. The number of fused-ring (bicyclic) bond motifs is 1. The van der Waals surface area contributed by atoms with Crippen LogP contribution in [0.1, 0.15) is 6.92 Å². The molecule has 1 amide bonds. The molecule has 1 heterocycles. The molecule has 0 spiro atoms.